The van der Waals surface area contributed by atoms with Crippen LogP contribution in [-0.2, 0) is 9.53 Å². The van der Waals surface area contributed by atoms with E-state index >= 15 is 0 Å². The number of hydrogen-bond donors (Lipinski definition) is 1. The van der Waals surface area contributed by atoms with Crippen LogP contribution in [0, 0.1) is 6.92 Å². The zero-order valence-electron chi connectivity index (χ0n) is 13.9. The number of rotatable bonds is 6. The molecular formula is C17H27ClN2O3. The maximum Gasteiger partial charge on any atom is 0.225 e. The third-order valence-corrected chi connectivity index (χ3v) is 4.12. The Hall–Kier alpha value is -1.30. The molecule has 1 aromatic carbocycles. The summed E-state index contributed by atoms with van der Waals surface area (Å²) in [6, 6.07) is 8.09. The molecule has 0 aromatic heterocycles. The second-order valence-electron chi connectivity index (χ2n) is 5.81. The number of halogens is 1. The van der Waals surface area contributed by atoms with Gasteiger partial charge in [0.25, 0.3) is 0 Å². The molecule has 1 saturated heterocycles. The van der Waals surface area contributed by atoms with E-state index in [1.165, 1.54) is 5.56 Å². The summed E-state index contributed by atoms with van der Waals surface area (Å²) in [6.07, 6.45) is 2.07. The van der Waals surface area contributed by atoms with E-state index in [1.54, 1.807) is 7.11 Å². The van der Waals surface area contributed by atoms with Gasteiger partial charge in [-0.2, -0.15) is 0 Å². The van der Waals surface area contributed by atoms with Crippen molar-refractivity contribution in [2.75, 3.05) is 26.7 Å². The van der Waals surface area contributed by atoms with Crippen molar-refractivity contribution in [3.05, 3.63) is 29.8 Å². The molecule has 1 amide bonds. The number of hydrogen-bond acceptors (Lipinski definition) is 4. The topological polar surface area (TPSA) is 64.8 Å². The Kier molecular flexibility index (Phi) is 8.37. The molecule has 1 heterocycles. The van der Waals surface area contributed by atoms with E-state index in [1.807, 2.05) is 29.2 Å². The summed E-state index contributed by atoms with van der Waals surface area (Å²) in [5.41, 5.74) is 6.79. The Morgan fingerprint density at radius 2 is 1.91 bits per heavy atom. The van der Waals surface area contributed by atoms with Crippen LogP contribution >= 0.6 is 12.4 Å². The van der Waals surface area contributed by atoms with Crippen molar-refractivity contribution < 1.29 is 14.3 Å². The third-order valence-electron chi connectivity index (χ3n) is 4.12. The summed E-state index contributed by atoms with van der Waals surface area (Å²) in [4.78, 5) is 14.1. The summed E-state index contributed by atoms with van der Waals surface area (Å²) in [6.45, 7) is 3.89. The largest absolute Gasteiger partial charge is 0.490 e. The third kappa shape index (κ3) is 6.01. The van der Waals surface area contributed by atoms with Crippen LogP contribution in [0.15, 0.2) is 24.3 Å². The molecule has 0 radical (unpaired) electrons. The van der Waals surface area contributed by atoms with Gasteiger partial charge in [-0.1, -0.05) is 17.7 Å². The number of benzene rings is 1. The highest BCUT2D eigenvalue weighted by Gasteiger charge is 2.25. The maximum absolute atomic E-state index is 12.2. The molecule has 1 aliphatic heterocycles. The van der Waals surface area contributed by atoms with Gasteiger partial charge in [0, 0.05) is 39.6 Å². The van der Waals surface area contributed by atoms with Crippen LogP contribution in [-0.4, -0.2) is 49.8 Å². The zero-order valence-corrected chi connectivity index (χ0v) is 14.7. The first-order valence-electron chi connectivity index (χ1n) is 7.86. The lowest BCUT2D eigenvalue weighted by Gasteiger charge is -2.33. The average Bonchev–Trinajstić information content (AvgIpc) is 2.55. The van der Waals surface area contributed by atoms with Crippen LogP contribution in [0.2, 0.25) is 0 Å². The first-order chi connectivity index (χ1) is 10.6. The minimum absolute atomic E-state index is 0. The van der Waals surface area contributed by atoms with Gasteiger partial charge in [-0.25, -0.2) is 0 Å². The van der Waals surface area contributed by atoms with Gasteiger partial charge in [0.05, 0.1) is 12.5 Å². The maximum atomic E-state index is 12.2. The number of carbonyl (C=O) groups is 1. The Morgan fingerprint density at radius 1 is 1.30 bits per heavy atom. The number of likely N-dealkylation sites (tertiary alicyclic amines) is 1. The monoisotopic (exact) mass is 342 g/mol. The fourth-order valence-corrected chi connectivity index (χ4v) is 2.62. The molecule has 1 atom stereocenters. The van der Waals surface area contributed by atoms with Gasteiger partial charge in [0.2, 0.25) is 5.91 Å². The normalized spacial score (nSPS) is 16.6. The van der Waals surface area contributed by atoms with Crippen molar-refractivity contribution in [2.45, 2.75) is 38.4 Å². The molecule has 2 N–H and O–H groups in total. The first kappa shape index (κ1) is 19.7. The molecule has 1 aliphatic rings. The molecule has 1 unspecified atom stereocenters. The molecule has 23 heavy (non-hydrogen) atoms. The highest BCUT2D eigenvalue weighted by Crippen LogP contribution is 2.20. The van der Waals surface area contributed by atoms with E-state index in [2.05, 4.69) is 6.92 Å². The predicted molar refractivity (Wildman–Crippen MR) is 93.1 cm³/mol. The van der Waals surface area contributed by atoms with Crippen molar-refractivity contribution in [1.29, 1.82) is 0 Å². The van der Waals surface area contributed by atoms with Crippen LogP contribution in [0.5, 0.6) is 5.75 Å². The summed E-state index contributed by atoms with van der Waals surface area (Å²) >= 11 is 0. The summed E-state index contributed by atoms with van der Waals surface area (Å²) < 4.78 is 11.2. The van der Waals surface area contributed by atoms with Gasteiger partial charge < -0.3 is 20.1 Å². The second kappa shape index (κ2) is 9.75. The lowest BCUT2D eigenvalue weighted by atomic mass is 10.1. The smallest absolute Gasteiger partial charge is 0.225 e. The van der Waals surface area contributed by atoms with Crippen LogP contribution < -0.4 is 10.5 Å². The van der Waals surface area contributed by atoms with Crippen molar-refractivity contribution in [1.82, 2.24) is 4.90 Å². The molecule has 0 spiro atoms. The molecule has 0 aliphatic carbocycles. The Morgan fingerprint density at radius 3 is 2.43 bits per heavy atom. The molecule has 2 rings (SSSR count). The van der Waals surface area contributed by atoms with E-state index in [-0.39, 0.29) is 30.5 Å². The van der Waals surface area contributed by atoms with Crippen LogP contribution in [0.25, 0.3) is 0 Å². The van der Waals surface area contributed by atoms with E-state index in [4.69, 9.17) is 15.2 Å². The summed E-state index contributed by atoms with van der Waals surface area (Å²) in [5, 5.41) is 0. The van der Waals surface area contributed by atoms with E-state index in [0.29, 0.717) is 13.0 Å². The van der Waals surface area contributed by atoms with Crippen LogP contribution in [0.1, 0.15) is 24.8 Å². The van der Waals surface area contributed by atoms with Gasteiger partial charge in [-0.15, -0.1) is 12.4 Å². The SMILES string of the molecule is COC(CN)CC(=O)N1CCC(Oc2ccc(C)cc2)CC1.Cl. The minimum atomic E-state index is -0.186. The van der Waals surface area contributed by atoms with Crippen LogP contribution in [0.4, 0.5) is 0 Å². The minimum Gasteiger partial charge on any atom is -0.490 e. The Balaban J connectivity index is 0.00000264. The standard InChI is InChI=1S/C17H26N2O3.ClH/c1-13-3-5-14(6-4-13)22-15-7-9-19(10-8-15)17(20)11-16(12-18)21-2;/h3-6,15-16H,7-12,18H2,1-2H3;1H. The number of piperidine rings is 1. The number of ether oxygens (including phenoxy) is 2. The van der Waals surface area contributed by atoms with Crippen LogP contribution in [0.3, 0.4) is 0 Å². The van der Waals surface area contributed by atoms with Crippen molar-refractivity contribution in [2.24, 2.45) is 5.73 Å². The van der Waals surface area contributed by atoms with Gasteiger partial charge >= 0.3 is 0 Å². The highest BCUT2D eigenvalue weighted by molar-refractivity contribution is 5.85. The summed E-state index contributed by atoms with van der Waals surface area (Å²) in [7, 11) is 1.59. The number of nitrogens with zero attached hydrogens (tertiary/aromatic N) is 1. The zero-order chi connectivity index (χ0) is 15.9. The van der Waals surface area contributed by atoms with E-state index in [0.717, 1.165) is 31.7 Å². The molecule has 1 fully saturated rings. The van der Waals surface area contributed by atoms with Gasteiger partial charge in [0.1, 0.15) is 11.9 Å². The number of methoxy groups -OCH3 is 1. The number of carbonyl (C=O) groups excluding carboxylic acids is 1. The van der Waals surface area contributed by atoms with Crippen molar-refractivity contribution >= 4 is 18.3 Å². The summed E-state index contributed by atoms with van der Waals surface area (Å²) in [5.74, 6) is 1.02. The number of aryl methyl sites for hydroxylation is 1. The van der Waals surface area contributed by atoms with Gasteiger partial charge in [-0.05, 0) is 19.1 Å². The lowest BCUT2D eigenvalue weighted by molar-refractivity contribution is -0.135. The van der Waals surface area contributed by atoms with E-state index in [9.17, 15) is 4.79 Å². The second-order valence-corrected chi connectivity index (χ2v) is 5.81. The highest BCUT2D eigenvalue weighted by atomic mass is 35.5. The Bertz CT molecular complexity index is 469. The van der Waals surface area contributed by atoms with Crippen molar-refractivity contribution in [3.8, 4) is 5.75 Å². The number of nitrogens with two attached hydrogens (primary N) is 1. The molecule has 1 aromatic rings. The number of amides is 1. The fraction of sp³-hybridized carbons (Fsp3) is 0.588. The average molecular weight is 343 g/mol. The molecular weight excluding hydrogens is 316 g/mol. The molecule has 0 bridgehead atoms. The predicted octanol–water partition coefficient (Wildman–Crippen LogP) is 2.15. The molecule has 6 heteroatoms. The molecule has 0 saturated carbocycles. The molecule has 130 valence electrons. The Labute approximate surface area is 144 Å². The quantitative estimate of drug-likeness (QED) is 0.860. The van der Waals surface area contributed by atoms with E-state index < -0.39 is 0 Å². The van der Waals surface area contributed by atoms with Crippen molar-refractivity contribution in [3.63, 3.8) is 0 Å². The lowest BCUT2D eigenvalue weighted by Crippen LogP contribution is -2.43. The molecule has 5 nitrogen and oxygen atoms in total. The first-order valence-corrected chi connectivity index (χ1v) is 7.86. The fourth-order valence-electron chi connectivity index (χ4n) is 2.62. The van der Waals surface area contributed by atoms with Gasteiger partial charge in [-0.3, -0.25) is 4.79 Å². The van der Waals surface area contributed by atoms with Gasteiger partial charge in [0.15, 0.2) is 0 Å².